The molecule has 5 heteroatoms. The van der Waals surface area contributed by atoms with E-state index in [-0.39, 0.29) is 5.76 Å². The van der Waals surface area contributed by atoms with Crippen LogP contribution in [0.25, 0.3) is 5.76 Å². The number of Topliss-reactive ketones (excluding diaryl/α,β-unsaturated/α-hetero) is 2. The molecule has 1 saturated carbocycles. The first kappa shape index (κ1) is 20.3. The predicted octanol–water partition coefficient (Wildman–Crippen LogP) is 4.30. The van der Waals surface area contributed by atoms with Gasteiger partial charge in [-0.2, -0.15) is 0 Å². The van der Waals surface area contributed by atoms with Crippen LogP contribution in [0.1, 0.15) is 68.8 Å². The molecule has 1 aromatic carbocycles. The summed E-state index contributed by atoms with van der Waals surface area (Å²) in [4.78, 5) is 24.7. The van der Waals surface area contributed by atoms with Crippen molar-refractivity contribution in [3.05, 3.63) is 41.0 Å². The maximum Gasteiger partial charge on any atom is 0.234 e. The Morgan fingerprint density at radius 2 is 1.50 bits per heavy atom. The molecule has 2 aliphatic carbocycles. The van der Waals surface area contributed by atoms with Gasteiger partial charge in [-0.15, -0.1) is 0 Å². The molecular weight excluding hydrogens is 330 g/mol. The van der Waals surface area contributed by atoms with Crippen molar-refractivity contribution in [2.45, 2.75) is 52.9 Å². The van der Waals surface area contributed by atoms with E-state index in [1.165, 1.54) is 0 Å². The van der Waals surface area contributed by atoms with E-state index < -0.39 is 11.6 Å². The van der Waals surface area contributed by atoms with Crippen molar-refractivity contribution in [3.8, 4) is 0 Å². The summed E-state index contributed by atoms with van der Waals surface area (Å²) in [6, 6.07) is 6.82. The highest BCUT2D eigenvalue weighted by Gasteiger charge is 2.35. The normalized spacial score (nSPS) is 23.3. The van der Waals surface area contributed by atoms with Crippen molar-refractivity contribution in [3.63, 3.8) is 0 Å². The van der Waals surface area contributed by atoms with Gasteiger partial charge in [0.15, 0.2) is 0 Å². The minimum atomic E-state index is -0.524. The largest absolute Gasteiger partial charge is 0.507 e. The average molecular weight is 359 g/mol. The van der Waals surface area contributed by atoms with E-state index in [9.17, 15) is 14.7 Å². The zero-order valence-corrected chi connectivity index (χ0v) is 15.8. The van der Waals surface area contributed by atoms with E-state index >= 15 is 0 Å². The third-order valence-electron chi connectivity index (χ3n) is 5.76. The summed E-state index contributed by atoms with van der Waals surface area (Å²) in [5, 5.41) is 17.0. The quantitative estimate of drug-likeness (QED) is 0.540. The molecule has 0 aromatic heterocycles. The van der Waals surface area contributed by atoms with Gasteiger partial charge in [0, 0.05) is 16.7 Å². The van der Waals surface area contributed by atoms with Crippen LogP contribution in [0.5, 0.6) is 0 Å². The Morgan fingerprint density at radius 1 is 0.962 bits per heavy atom. The number of aliphatic hydroxyl groups excluding tert-OH is 1. The van der Waals surface area contributed by atoms with Crippen LogP contribution in [0.2, 0.25) is 0 Å². The molecule has 0 bridgehead atoms. The molecule has 0 heterocycles. The van der Waals surface area contributed by atoms with Gasteiger partial charge in [-0.1, -0.05) is 45.0 Å². The lowest BCUT2D eigenvalue weighted by molar-refractivity contribution is -0.112. The first-order valence-corrected chi connectivity index (χ1v) is 9.15. The molecule has 0 aliphatic heterocycles. The summed E-state index contributed by atoms with van der Waals surface area (Å²) in [6.07, 6.45) is 4.94. The molecule has 0 amide bonds. The van der Waals surface area contributed by atoms with Gasteiger partial charge >= 0.3 is 0 Å². The van der Waals surface area contributed by atoms with Crippen LogP contribution in [0, 0.1) is 17.3 Å². The highest BCUT2D eigenvalue weighted by Crippen LogP contribution is 2.42. The number of aliphatic hydroxyl groups is 1. The second kappa shape index (κ2) is 8.14. The van der Waals surface area contributed by atoms with Crippen LogP contribution in [0.15, 0.2) is 29.8 Å². The maximum atomic E-state index is 12.4. The minimum Gasteiger partial charge on any atom is -0.507 e. The molecule has 4 N–H and O–H groups in total. The standard InChI is InChI=1S/C21H26O3.H3NO/c1-21(2,3)14-10-8-13(9-11-14)12-17-18(22)15-6-4-5-7-16(15)19(23)20(17)24;1-2/h4-7,13-14,22H,8-12H2,1-3H3;2H,1H2. The van der Waals surface area contributed by atoms with Gasteiger partial charge in [-0.3, -0.25) is 9.59 Å². The van der Waals surface area contributed by atoms with E-state index in [0.29, 0.717) is 40.4 Å². The van der Waals surface area contributed by atoms with E-state index in [1.807, 2.05) is 0 Å². The predicted molar refractivity (Wildman–Crippen MR) is 101 cm³/mol. The van der Waals surface area contributed by atoms with Gasteiger partial charge in [0.2, 0.25) is 11.6 Å². The van der Waals surface area contributed by atoms with Crippen molar-refractivity contribution in [2.75, 3.05) is 0 Å². The number of hydrogen-bond acceptors (Lipinski definition) is 5. The Balaban J connectivity index is 0.00000117. The smallest absolute Gasteiger partial charge is 0.234 e. The molecule has 0 radical (unpaired) electrons. The van der Waals surface area contributed by atoms with Crippen LogP contribution < -0.4 is 5.90 Å². The lowest BCUT2D eigenvalue weighted by atomic mass is 9.68. The third kappa shape index (κ3) is 4.05. The SMILES string of the molecule is CC(C)(C)C1CCC(CC2=C(O)c3ccccc3C(=O)C2=O)CC1.NO. The van der Waals surface area contributed by atoms with Crippen molar-refractivity contribution >= 4 is 17.3 Å². The van der Waals surface area contributed by atoms with E-state index in [2.05, 4.69) is 26.7 Å². The zero-order valence-electron chi connectivity index (χ0n) is 15.8. The Bertz CT molecular complexity index is 707. The number of allylic oxidation sites excluding steroid dienone is 1. The number of carbonyl (C=O) groups excluding carboxylic acids is 2. The van der Waals surface area contributed by atoms with Crippen LogP contribution in [0.4, 0.5) is 0 Å². The first-order valence-electron chi connectivity index (χ1n) is 9.15. The lowest BCUT2D eigenvalue weighted by Gasteiger charge is -2.37. The fraction of sp³-hybridized carbons (Fsp3) is 0.524. The third-order valence-corrected chi connectivity index (χ3v) is 5.76. The van der Waals surface area contributed by atoms with Gasteiger partial charge < -0.3 is 10.3 Å². The summed E-state index contributed by atoms with van der Waals surface area (Å²) in [7, 11) is 0. The summed E-state index contributed by atoms with van der Waals surface area (Å²) in [6.45, 7) is 6.85. The molecule has 2 aliphatic rings. The van der Waals surface area contributed by atoms with Crippen LogP contribution in [-0.4, -0.2) is 21.9 Å². The van der Waals surface area contributed by atoms with Crippen LogP contribution in [0.3, 0.4) is 0 Å². The highest BCUT2D eigenvalue weighted by atomic mass is 16.4. The molecule has 1 aromatic rings. The van der Waals surface area contributed by atoms with E-state index in [0.717, 1.165) is 25.7 Å². The Labute approximate surface area is 154 Å². The van der Waals surface area contributed by atoms with Crippen LogP contribution in [-0.2, 0) is 4.79 Å². The molecule has 0 unspecified atom stereocenters. The van der Waals surface area contributed by atoms with Gasteiger partial charge in [-0.05, 0) is 49.4 Å². The lowest BCUT2D eigenvalue weighted by Crippen LogP contribution is -2.28. The number of ketones is 2. The Hall–Kier alpha value is -1.98. The summed E-state index contributed by atoms with van der Waals surface area (Å²) >= 11 is 0. The van der Waals surface area contributed by atoms with E-state index in [1.54, 1.807) is 24.3 Å². The molecule has 26 heavy (non-hydrogen) atoms. The van der Waals surface area contributed by atoms with Gasteiger partial charge in [0.1, 0.15) is 5.76 Å². The number of nitrogens with two attached hydrogens (primary N) is 1. The number of hydrogen-bond donors (Lipinski definition) is 3. The summed E-state index contributed by atoms with van der Waals surface area (Å²) in [5.41, 5.74) is 1.46. The second-order valence-corrected chi connectivity index (χ2v) is 8.32. The highest BCUT2D eigenvalue weighted by molar-refractivity contribution is 6.52. The first-order chi connectivity index (χ1) is 12.3. The van der Waals surface area contributed by atoms with Gasteiger partial charge in [0.05, 0.1) is 0 Å². The monoisotopic (exact) mass is 359 g/mol. The molecule has 0 saturated heterocycles. The molecule has 3 rings (SSSR count). The molecule has 0 spiro atoms. The molecule has 0 atom stereocenters. The minimum absolute atomic E-state index is 0.00754. The topological polar surface area (TPSA) is 101 Å². The molecule has 142 valence electrons. The summed E-state index contributed by atoms with van der Waals surface area (Å²) < 4.78 is 0. The van der Waals surface area contributed by atoms with Crippen molar-refractivity contribution in [2.24, 2.45) is 23.1 Å². The van der Waals surface area contributed by atoms with Crippen molar-refractivity contribution in [1.29, 1.82) is 0 Å². The van der Waals surface area contributed by atoms with Crippen molar-refractivity contribution < 1.29 is 19.9 Å². The number of benzene rings is 1. The zero-order chi connectivity index (χ0) is 19.5. The molecule has 1 fully saturated rings. The number of carbonyl (C=O) groups is 2. The molecular formula is C21H29NO4. The number of rotatable bonds is 2. The molecule has 5 nitrogen and oxygen atoms in total. The average Bonchev–Trinajstić information content (AvgIpc) is 2.65. The van der Waals surface area contributed by atoms with Crippen molar-refractivity contribution in [1.82, 2.24) is 0 Å². The second-order valence-electron chi connectivity index (χ2n) is 8.32. The summed E-state index contributed by atoms with van der Waals surface area (Å²) in [5.74, 6) is 3.59. The Morgan fingerprint density at radius 3 is 2.04 bits per heavy atom. The van der Waals surface area contributed by atoms with Gasteiger partial charge in [0.25, 0.3) is 0 Å². The fourth-order valence-electron chi connectivity index (χ4n) is 4.13. The number of fused-ring (bicyclic) bond motifs is 1. The Kier molecular flexibility index (Phi) is 6.37. The van der Waals surface area contributed by atoms with Gasteiger partial charge in [-0.25, -0.2) is 5.90 Å². The van der Waals surface area contributed by atoms with E-state index in [4.69, 9.17) is 5.21 Å². The van der Waals surface area contributed by atoms with Crippen LogP contribution >= 0.6 is 0 Å². The maximum absolute atomic E-state index is 12.4. The fourth-order valence-corrected chi connectivity index (χ4v) is 4.13.